The summed E-state index contributed by atoms with van der Waals surface area (Å²) in [6, 6.07) is 8.14. The summed E-state index contributed by atoms with van der Waals surface area (Å²) in [6.45, 7) is 0. The van der Waals surface area contributed by atoms with Gasteiger partial charge in [-0.3, -0.25) is 0 Å². The standard InChI is InChI=1S/C12H7FIN3/c13-10-5-7(16)1-2-8(10)9-3-4-17-11(6-15)12(9)14/h1-5H,16H2. The molecular weight excluding hydrogens is 332 g/mol. The highest BCUT2D eigenvalue weighted by Crippen LogP contribution is 2.29. The lowest BCUT2D eigenvalue weighted by Gasteiger charge is -2.07. The zero-order valence-corrected chi connectivity index (χ0v) is 10.8. The van der Waals surface area contributed by atoms with Crippen molar-refractivity contribution in [3.8, 4) is 17.2 Å². The first-order valence-corrected chi connectivity index (χ1v) is 5.81. The van der Waals surface area contributed by atoms with Crippen LogP contribution in [-0.2, 0) is 0 Å². The number of rotatable bonds is 1. The van der Waals surface area contributed by atoms with Gasteiger partial charge in [0.25, 0.3) is 0 Å². The molecule has 2 aromatic rings. The van der Waals surface area contributed by atoms with Gasteiger partial charge in [-0.2, -0.15) is 5.26 Å². The number of aromatic nitrogens is 1. The van der Waals surface area contributed by atoms with Crippen LogP contribution in [0.15, 0.2) is 30.5 Å². The molecule has 0 spiro atoms. The highest BCUT2D eigenvalue weighted by molar-refractivity contribution is 14.1. The fourth-order valence-electron chi connectivity index (χ4n) is 1.48. The number of benzene rings is 1. The van der Waals surface area contributed by atoms with E-state index in [1.165, 1.54) is 12.3 Å². The van der Waals surface area contributed by atoms with Crippen molar-refractivity contribution in [2.24, 2.45) is 0 Å². The third-order valence-electron chi connectivity index (χ3n) is 2.28. The maximum absolute atomic E-state index is 13.8. The molecule has 0 aliphatic heterocycles. The fourth-order valence-corrected chi connectivity index (χ4v) is 2.21. The van der Waals surface area contributed by atoms with Crippen LogP contribution in [0, 0.1) is 20.7 Å². The second-order valence-electron chi connectivity index (χ2n) is 3.37. The van der Waals surface area contributed by atoms with Crippen molar-refractivity contribution in [1.29, 1.82) is 5.26 Å². The van der Waals surface area contributed by atoms with E-state index in [2.05, 4.69) is 4.98 Å². The molecule has 3 nitrogen and oxygen atoms in total. The lowest BCUT2D eigenvalue weighted by Crippen LogP contribution is -1.94. The number of nitriles is 1. The highest BCUT2D eigenvalue weighted by Gasteiger charge is 2.12. The van der Waals surface area contributed by atoms with Crippen LogP contribution < -0.4 is 5.73 Å². The molecule has 5 heteroatoms. The minimum atomic E-state index is -0.405. The number of hydrogen-bond donors (Lipinski definition) is 1. The fraction of sp³-hybridized carbons (Fsp3) is 0. The summed E-state index contributed by atoms with van der Waals surface area (Å²) in [5.74, 6) is -0.405. The van der Waals surface area contributed by atoms with Gasteiger partial charge in [0.2, 0.25) is 0 Å². The van der Waals surface area contributed by atoms with Crippen molar-refractivity contribution in [2.45, 2.75) is 0 Å². The first-order valence-electron chi connectivity index (χ1n) is 4.73. The number of hydrogen-bond acceptors (Lipinski definition) is 3. The van der Waals surface area contributed by atoms with E-state index in [1.54, 1.807) is 18.2 Å². The second kappa shape index (κ2) is 4.67. The van der Waals surface area contributed by atoms with Crippen LogP contribution in [-0.4, -0.2) is 4.98 Å². The molecule has 0 atom stereocenters. The summed E-state index contributed by atoms with van der Waals surface area (Å²) in [5.41, 5.74) is 7.22. The monoisotopic (exact) mass is 339 g/mol. The Hall–Kier alpha value is -1.68. The zero-order chi connectivity index (χ0) is 12.4. The lowest BCUT2D eigenvalue weighted by atomic mass is 10.1. The first-order chi connectivity index (χ1) is 8.13. The molecule has 0 saturated carbocycles. The van der Waals surface area contributed by atoms with Crippen LogP contribution in [0.1, 0.15) is 5.69 Å². The van der Waals surface area contributed by atoms with Crippen molar-refractivity contribution in [3.05, 3.63) is 45.5 Å². The van der Waals surface area contributed by atoms with Crippen LogP contribution in [0.2, 0.25) is 0 Å². The van der Waals surface area contributed by atoms with E-state index >= 15 is 0 Å². The van der Waals surface area contributed by atoms with Gasteiger partial charge in [0.1, 0.15) is 11.9 Å². The number of halogens is 2. The average molecular weight is 339 g/mol. The molecule has 1 aromatic carbocycles. The molecule has 2 N–H and O–H groups in total. The summed E-state index contributed by atoms with van der Waals surface area (Å²) in [4.78, 5) is 3.91. The molecular formula is C12H7FIN3. The van der Waals surface area contributed by atoms with E-state index in [-0.39, 0.29) is 0 Å². The molecule has 84 valence electrons. The molecule has 17 heavy (non-hydrogen) atoms. The van der Waals surface area contributed by atoms with E-state index in [9.17, 15) is 4.39 Å². The normalized spacial score (nSPS) is 9.94. The molecule has 0 radical (unpaired) electrons. The van der Waals surface area contributed by atoms with Gasteiger partial charge >= 0.3 is 0 Å². The van der Waals surface area contributed by atoms with Gasteiger partial charge in [-0.05, 0) is 46.9 Å². The minimum Gasteiger partial charge on any atom is -0.399 e. The van der Waals surface area contributed by atoms with E-state index in [0.717, 1.165) is 0 Å². The van der Waals surface area contributed by atoms with Crippen molar-refractivity contribution >= 4 is 28.3 Å². The molecule has 1 aromatic heterocycles. The Balaban J connectivity index is 2.66. The number of anilines is 1. The quantitative estimate of drug-likeness (QED) is 0.642. The number of nitrogen functional groups attached to an aromatic ring is 1. The van der Waals surface area contributed by atoms with Gasteiger partial charge in [0, 0.05) is 23.0 Å². The van der Waals surface area contributed by atoms with Crippen molar-refractivity contribution in [3.63, 3.8) is 0 Å². The first kappa shape index (κ1) is 11.8. The average Bonchev–Trinajstić information content (AvgIpc) is 2.30. The van der Waals surface area contributed by atoms with E-state index in [1.807, 2.05) is 28.7 Å². The van der Waals surface area contributed by atoms with Gasteiger partial charge < -0.3 is 5.73 Å². The molecule has 0 aliphatic carbocycles. The lowest BCUT2D eigenvalue weighted by molar-refractivity contribution is 0.632. The number of nitrogens with two attached hydrogens (primary N) is 1. The molecule has 1 heterocycles. The highest BCUT2D eigenvalue weighted by atomic mass is 127. The van der Waals surface area contributed by atoms with E-state index < -0.39 is 5.82 Å². The number of pyridine rings is 1. The van der Waals surface area contributed by atoms with Crippen molar-refractivity contribution in [2.75, 3.05) is 5.73 Å². The smallest absolute Gasteiger partial charge is 0.154 e. The number of nitrogens with zero attached hydrogens (tertiary/aromatic N) is 2. The van der Waals surface area contributed by atoms with Crippen LogP contribution in [0.4, 0.5) is 10.1 Å². The van der Waals surface area contributed by atoms with E-state index in [4.69, 9.17) is 11.0 Å². The van der Waals surface area contributed by atoms with Crippen LogP contribution in [0.3, 0.4) is 0 Å². The topological polar surface area (TPSA) is 62.7 Å². The SMILES string of the molecule is N#Cc1nccc(-c2ccc(N)cc2F)c1I. The van der Waals surface area contributed by atoms with Crippen LogP contribution in [0.5, 0.6) is 0 Å². The Bertz CT molecular complexity index is 620. The molecule has 0 bridgehead atoms. The third-order valence-corrected chi connectivity index (χ3v) is 3.37. The molecule has 0 fully saturated rings. The predicted octanol–water partition coefficient (Wildman–Crippen LogP) is 2.95. The van der Waals surface area contributed by atoms with Gasteiger partial charge in [-0.25, -0.2) is 9.37 Å². The second-order valence-corrected chi connectivity index (χ2v) is 4.45. The zero-order valence-electron chi connectivity index (χ0n) is 8.61. The summed E-state index contributed by atoms with van der Waals surface area (Å²) in [6.07, 6.45) is 1.49. The minimum absolute atomic E-state index is 0.291. The Morgan fingerprint density at radius 1 is 1.29 bits per heavy atom. The summed E-state index contributed by atoms with van der Waals surface area (Å²) >= 11 is 1.99. The van der Waals surface area contributed by atoms with Gasteiger partial charge in [0.05, 0.1) is 3.57 Å². The third kappa shape index (κ3) is 2.22. The largest absolute Gasteiger partial charge is 0.399 e. The molecule has 0 aliphatic rings. The van der Waals surface area contributed by atoms with Gasteiger partial charge in [-0.15, -0.1) is 0 Å². The predicted molar refractivity (Wildman–Crippen MR) is 71.5 cm³/mol. The summed E-state index contributed by atoms with van der Waals surface area (Å²) < 4.78 is 14.4. The maximum Gasteiger partial charge on any atom is 0.154 e. The Labute approximate surface area is 111 Å². The van der Waals surface area contributed by atoms with Crippen LogP contribution in [0.25, 0.3) is 11.1 Å². The van der Waals surface area contributed by atoms with Crippen molar-refractivity contribution < 1.29 is 4.39 Å². The van der Waals surface area contributed by atoms with Gasteiger partial charge in [0.15, 0.2) is 5.69 Å². The van der Waals surface area contributed by atoms with Crippen LogP contribution >= 0.6 is 22.6 Å². The molecule has 0 amide bonds. The molecule has 2 rings (SSSR count). The van der Waals surface area contributed by atoms with E-state index in [0.29, 0.717) is 26.1 Å². The Morgan fingerprint density at radius 2 is 2.06 bits per heavy atom. The molecule has 0 unspecified atom stereocenters. The Morgan fingerprint density at radius 3 is 2.71 bits per heavy atom. The summed E-state index contributed by atoms with van der Waals surface area (Å²) in [7, 11) is 0. The molecule has 0 saturated heterocycles. The maximum atomic E-state index is 13.8. The Kier molecular flexibility index (Phi) is 3.24. The summed E-state index contributed by atoms with van der Waals surface area (Å²) in [5, 5.41) is 8.87. The van der Waals surface area contributed by atoms with Gasteiger partial charge in [-0.1, -0.05) is 0 Å². The van der Waals surface area contributed by atoms with Crippen molar-refractivity contribution in [1.82, 2.24) is 4.98 Å².